The Morgan fingerprint density at radius 3 is 2.68 bits per heavy atom. The quantitative estimate of drug-likeness (QED) is 0.838. The average molecular weight is 260 g/mol. The highest BCUT2D eigenvalue weighted by atomic mass is 16.3. The molecule has 19 heavy (non-hydrogen) atoms. The normalized spacial score (nSPS) is 14.3. The first-order valence-corrected chi connectivity index (χ1v) is 6.52. The lowest BCUT2D eigenvalue weighted by atomic mass is 10.0. The van der Waals surface area contributed by atoms with Crippen LogP contribution >= 0.6 is 0 Å². The number of rotatable bonds is 6. The molecular weight excluding hydrogens is 240 g/mol. The van der Waals surface area contributed by atoms with Crippen LogP contribution in [-0.2, 0) is 6.54 Å². The molecule has 0 amide bonds. The minimum absolute atomic E-state index is 0.104. The van der Waals surface area contributed by atoms with Crippen molar-refractivity contribution in [3.05, 3.63) is 42.3 Å². The van der Waals surface area contributed by atoms with Crippen molar-refractivity contribution in [2.45, 2.75) is 32.4 Å². The molecule has 1 heterocycles. The summed E-state index contributed by atoms with van der Waals surface area (Å²) in [7, 11) is 0. The largest absolute Gasteiger partial charge is 0.444 e. The standard InChI is InChI=1S/C15H20N2O2/c1-3-15(2,11-18)16-9-13-10-19-14(17-13)12-7-5-4-6-8-12/h4-8,10,16,18H,3,9,11H2,1-2H3. The molecule has 0 spiro atoms. The third-order valence-electron chi connectivity index (χ3n) is 3.40. The van der Waals surface area contributed by atoms with E-state index in [0.717, 1.165) is 17.7 Å². The molecule has 2 aromatic rings. The van der Waals surface area contributed by atoms with Gasteiger partial charge in [-0.2, -0.15) is 0 Å². The molecule has 0 aliphatic heterocycles. The van der Waals surface area contributed by atoms with Gasteiger partial charge in [-0.15, -0.1) is 0 Å². The maximum Gasteiger partial charge on any atom is 0.226 e. The summed E-state index contributed by atoms with van der Waals surface area (Å²) in [5.41, 5.74) is 1.53. The van der Waals surface area contributed by atoms with Crippen molar-refractivity contribution >= 4 is 0 Å². The Hall–Kier alpha value is -1.65. The van der Waals surface area contributed by atoms with Gasteiger partial charge in [-0.3, -0.25) is 0 Å². The Bertz CT molecular complexity index is 504. The number of hydrogen-bond donors (Lipinski definition) is 2. The van der Waals surface area contributed by atoms with Gasteiger partial charge in [0.2, 0.25) is 5.89 Å². The molecule has 1 aromatic carbocycles. The van der Waals surface area contributed by atoms with Crippen molar-refractivity contribution in [1.82, 2.24) is 10.3 Å². The van der Waals surface area contributed by atoms with E-state index in [1.54, 1.807) is 6.26 Å². The van der Waals surface area contributed by atoms with Crippen LogP contribution in [0.25, 0.3) is 11.5 Å². The lowest BCUT2D eigenvalue weighted by molar-refractivity contribution is 0.168. The van der Waals surface area contributed by atoms with Gasteiger partial charge in [0, 0.05) is 17.6 Å². The second kappa shape index (κ2) is 5.99. The molecule has 0 radical (unpaired) electrons. The van der Waals surface area contributed by atoms with Crippen molar-refractivity contribution in [3.63, 3.8) is 0 Å². The third kappa shape index (κ3) is 3.43. The van der Waals surface area contributed by atoms with Gasteiger partial charge in [0.1, 0.15) is 6.26 Å². The van der Waals surface area contributed by atoms with Crippen LogP contribution in [0.15, 0.2) is 41.0 Å². The van der Waals surface area contributed by atoms with Crippen LogP contribution in [-0.4, -0.2) is 22.2 Å². The van der Waals surface area contributed by atoms with Crippen LogP contribution in [0.4, 0.5) is 0 Å². The summed E-state index contributed by atoms with van der Waals surface area (Å²) in [6, 6.07) is 9.80. The number of aromatic nitrogens is 1. The first kappa shape index (κ1) is 13.8. The predicted octanol–water partition coefficient (Wildman–Crippen LogP) is 2.59. The highest BCUT2D eigenvalue weighted by Gasteiger charge is 2.20. The molecule has 4 heteroatoms. The van der Waals surface area contributed by atoms with E-state index in [-0.39, 0.29) is 12.1 Å². The van der Waals surface area contributed by atoms with Crippen LogP contribution in [0.3, 0.4) is 0 Å². The predicted molar refractivity (Wildman–Crippen MR) is 74.6 cm³/mol. The van der Waals surface area contributed by atoms with Gasteiger partial charge in [0.15, 0.2) is 0 Å². The van der Waals surface area contributed by atoms with E-state index in [1.165, 1.54) is 0 Å². The van der Waals surface area contributed by atoms with Crippen molar-refractivity contribution in [1.29, 1.82) is 0 Å². The number of aliphatic hydroxyl groups excluding tert-OH is 1. The number of benzene rings is 1. The summed E-state index contributed by atoms with van der Waals surface area (Å²) in [6.07, 6.45) is 2.51. The van der Waals surface area contributed by atoms with E-state index in [9.17, 15) is 5.11 Å². The Morgan fingerprint density at radius 1 is 1.32 bits per heavy atom. The summed E-state index contributed by atoms with van der Waals surface area (Å²) < 4.78 is 5.47. The maximum absolute atomic E-state index is 9.34. The Morgan fingerprint density at radius 2 is 2.05 bits per heavy atom. The van der Waals surface area contributed by atoms with Crippen molar-refractivity contribution < 1.29 is 9.52 Å². The molecule has 102 valence electrons. The highest BCUT2D eigenvalue weighted by molar-refractivity contribution is 5.52. The molecule has 0 fully saturated rings. The molecule has 1 atom stereocenters. The summed E-state index contributed by atoms with van der Waals surface area (Å²) in [4.78, 5) is 4.44. The third-order valence-corrected chi connectivity index (χ3v) is 3.40. The van der Waals surface area contributed by atoms with Gasteiger partial charge in [-0.05, 0) is 25.5 Å². The van der Waals surface area contributed by atoms with Crippen molar-refractivity contribution in [2.24, 2.45) is 0 Å². The zero-order chi connectivity index (χ0) is 13.7. The van der Waals surface area contributed by atoms with Crippen molar-refractivity contribution in [3.8, 4) is 11.5 Å². The topological polar surface area (TPSA) is 58.3 Å². The fourth-order valence-electron chi connectivity index (χ4n) is 1.70. The second-order valence-corrected chi connectivity index (χ2v) is 4.94. The number of hydrogen-bond acceptors (Lipinski definition) is 4. The van der Waals surface area contributed by atoms with Gasteiger partial charge in [0.05, 0.1) is 12.3 Å². The van der Waals surface area contributed by atoms with Gasteiger partial charge < -0.3 is 14.8 Å². The maximum atomic E-state index is 9.34. The summed E-state index contributed by atoms with van der Waals surface area (Å²) >= 11 is 0. The van der Waals surface area contributed by atoms with Crippen LogP contribution in [0, 0.1) is 0 Å². The molecule has 4 nitrogen and oxygen atoms in total. The summed E-state index contributed by atoms with van der Waals surface area (Å²) in [5.74, 6) is 0.625. The molecule has 0 bridgehead atoms. The van der Waals surface area contributed by atoms with E-state index in [0.29, 0.717) is 12.4 Å². The minimum Gasteiger partial charge on any atom is -0.444 e. The molecular formula is C15H20N2O2. The van der Waals surface area contributed by atoms with Crippen LogP contribution < -0.4 is 5.32 Å². The average Bonchev–Trinajstić information content (AvgIpc) is 2.95. The Balaban J connectivity index is 2.02. The van der Waals surface area contributed by atoms with Crippen LogP contribution in [0.1, 0.15) is 26.0 Å². The lowest BCUT2D eigenvalue weighted by Crippen LogP contribution is -2.44. The number of nitrogens with zero attached hydrogens (tertiary/aromatic N) is 1. The number of nitrogens with one attached hydrogen (secondary N) is 1. The SMILES string of the molecule is CCC(C)(CO)NCc1coc(-c2ccccc2)n1. The highest BCUT2D eigenvalue weighted by Crippen LogP contribution is 2.18. The number of oxazole rings is 1. The molecule has 1 aromatic heterocycles. The van der Waals surface area contributed by atoms with E-state index in [2.05, 4.69) is 10.3 Å². The van der Waals surface area contributed by atoms with E-state index < -0.39 is 0 Å². The van der Waals surface area contributed by atoms with E-state index in [1.807, 2.05) is 44.2 Å². The fourth-order valence-corrected chi connectivity index (χ4v) is 1.70. The molecule has 0 saturated heterocycles. The van der Waals surface area contributed by atoms with Gasteiger partial charge in [-0.1, -0.05) is 25.1 Å². The fraction of sp³-hybridized carbons (Fsp3) is 0.400. The zero-order valence-corrected chi connectivity index (χ0v) is 11.4. The van der Waals surface area contributed by atoms with Gasteiger partial charge in [0.25, 0.3) is 0 Å². The summed E-state index contributed by atoms with van der Waals surface area (Å²) in [5, 5.41) is 12.6. The van der Waals surface area contributed by atoms with Gasteiger partial charge in [-0.25, -0.2) is 4.98 Å². The molecule has 0 saturated carbocycles. The molecule has 0 aliphatic rings. The molecule has 2 rings (SSSR count). The minimum atomic E-state index is -0.272. The zero-order valence-electron chi connectivity index (χ0n) is 11.4. The van der Waals surface area contributed by atoms with Crippen molar-refractivity contribution in [2.75, 3.05) is 6.61 Å². The van der Waals surface area contributed by atoms with E-state index >= 15 is 0 Å². The summed E-state index contributed by atoms with van der Waals surface area (Å²) in [6.45, 7) is 4.72. The lowest BCUT2D eigenvalue weighted by Gasteiger charge is -2.26. The van der Waals surface area contributed by atoms with Crippen LogP contribution in [0.2, 0.25) is 0 Å². The van der Waals surface area contributed by atoms with E-state index in [4.69, 9.17) is 4.42 Å². The van der Waals surface area contributed by atoms with Crippen LogP contribution in [0.5, 0.6) is 0 Å². The Kier molecular flexibility index (Phi) is 4.35. The monoisotopic (exact) mass is 260 g/mol. The first-order valence-electron chi connectivity index (χ1n) is 6.52. The number of aliphatic hydroxyl groups is 1. The smallest absolute Gasteiger partial charge is 0.226 e. The first-order chi connectivity index (χ1) is 9.17. The molecule has 1 unspecified atom stereocenters. The molecule has 2 N–H and O–H groups in total. The van der Waals surface area contributed by atoms with Gasteiger partial charge >= 0.3 is 0 Å². The molecule has 0 aliphatic carbocycles. The second-order valence-electron chi connectivity index (χ2n) is 4.94. The Labute approximate surface area is 113 Å².